The van der Waals surface area contributed by atoms with Crippen LogP contribution in [-0.4, -0.2) is 14.9 Å². The first-order chi connectivity index (χ1) is 12.3. The van der Waals surface area contributed by atoms with Crippen LogP contribution in [0.2, 0.25) is 0 Å². The van der Waals surface area contributed by atoms with Crippen LogP contribution in [0.5, 0.6) is 5.75 Å². The summed E-state index contributed by atoms with van der Waals surface area (Å²) in [7, 11) is 0. The first kappa shape index (κ1) is 17.0. The molecule has 0 saturated heterocycles. The van der Waals surface area contributed by atoms with Crippen molar-refractivity contribution in [2.75, 3.05) is 0 Å². The third kappa shape index (κ3) is 2.56. The number of fused-ring (bicyclic) bond motifs is 3. The van der Waals surface area contributed by atoms with E-state index in [1.54, 1.807) is 24.3 Å². The summed E-state index contributed by atoms with van der Waals surface area (Å²) in [5, 5.41) is 13.4. The molecular weight excluding hydrogens is 368 g/mol. The van der Waals surface area contributed by atoms with Gasteiger partial charge in [0, 0.05) is 16.9 Å². The average molecular weight is 380 g/mol. The van der Waals surface area contributed by atoms with Crippen LogP contribution < -0.4 is 0 Å². The van der Waals surface area contributed by atoms with Gasteiger partial charge in [-0.1, -0.05) is 17.7 Å². The number of nitrogens with zero attached hydrogens (tertiary/aromatic N) is 2. The molecular formula is C18H12F4N2OS. The second kappa shape index (κ2) is 5.77. The summed E-state index contributed by atoms with van der Waals surface area (Å²) in [5.74, 6) is -1.35. The number of alkyl halides is 3. The Balaban J connectivity index is 2.04. The number of hydrogen-bond donors (Lipinski definition) is 1. The lowest BCUT2D eigenvalue weighted by molar-refractivity contribution is -0.143. The lowest BCUT2D eigenvalue weighted by Gasteiger charge is -2.19. The number of halogens is 4. The van der Waals surface area contributed by atoms with Crippen LogP contribution >= 0.6 is 11.8 Å². The number of aryl methyl sites for hydroxylation is 1. The summed E-state index contributed by atoms with van der Waals surface area (Å²) in [6.07, 6.45) is -4.63. The van der Waals surface area contributed by atoms with E-state index in [0.29, 0.717) is 11.3 Å². The van der Waals surface area contributed by atoms with Crippen molar-refractivity contribution in [2.45, 2.75) is 23.7 Å². The Morgan fingerprint density at radius 1 is 1.12 bits per heavy atom. The molecule has 0 radical (unpaired) electrons. The molecule has 0 unspecified atom stereocenters. The van der Waals surface area contributed by atoms with Crippen molar-refractivity contribution in [3.05, 3.63) is 59.0 Å². The molecule has 4 rings (SSSR count). The third-order valence-corrected chi connectivity index (χ3v) is 5.34. The van der Waals surface area contributed by atoms with Crippen molar-refractivity contribution in [1.82, 2.24) is 9.78 Å². The fourth-order valence-electron chi connectivity index (χ4n) is 2.95. The molecule has 2 aromatic carbocycles. The lowest BCUT2D eigenvalue weighted by Crippen LogP contribution is -2.08. The van der Waals surface area contributed by atoms with Gasteiger partial charge in [-0.25, -0.2) is 9.07 Å². The van der Waals surface area contributed by atoms with Crippen LogP contribution in [0.3, 0.4) is 0 Å². The van der Waals surface area contributed by atoms with Gasteiger partial charge in [0.25, 0.3) is 0 Å². The minimum absolute atomic E-state index is 0.00869. The molecule has 0 atom stereocenters. The monoisotopic (exact) mass is 380 g/mol. The second-order valence-electron chi connectivity index (χ2n) is 5.98. The molecule has 1 aromatic heterocycles. The van der Waals surface area contributed by atoms with Crippen LogP contribution in [0.25, 0.3) is 16.9 Å². The van der Waals surface area contributed by atoms with Gasteiger partial charge in [-0.15, -0.1) is 11.8 Å². The zero-order valence-corrected chi connectivity index (χ0v) is 14.2. The fourth-order valence-corrected chi connectivity index (χ4v) is 4.15. The Morgan fingerprint density at radius 2 is 1.81 bits per heavy atom. The van der Waals surface area contributed by atoms with Gasteiger partial charge >= 0.3 is 6.18 Å². The SMILES string of the molecule is Cc1ccc(-n2nc(C(F)(F)F)c3c2-c2ccc(O)c(F)c2CS3)cc1. The Kier molecular flexibility index (Phi) is 3.76. The number of hydrogen-bond acceptors (Lipinski definition) is 3. The molecule has 0 saturated carbocycles. The quantitative estimate of drug-likeness (QED) is 0.581. The summed E-state index contributed by atoms with van der Waals surface area (Å²) < 4.78 is 55.9. The highest BCUT2D eigenvalue weighted by Gasteiger charge is 2.41. The molecule has 8 heteroatoms. The molecule has 26 heavy (non-hydrogen) atoms. The molecule has 3 nitrogen and oxygen atoms in total. The minimum atomic E-state index is -4.63. The molecule has 0 fully saturated rings. The Labute approximate surface area is 150 Å². The molecule has 1 aliphatic heterocycles. The largest absolute Gasteiger partial charge is 0.505 e. The fraction of sp³-hybridized carbons (Fsp3) is 0.167. The zero-order valence-electron chi connectivity index (χ0n) is 13.4. The van der Waals surface area contributed by atoms with Gasteiger partial charge in [-0.05, 0) is 31.2 Å². The van der Waals surface area contributed by atoms with Gasteiger partial charge in [0.2, 0.25) is 0 Å². The molecule has 0 amide bonds. The lowest BCUT2D eigenvalue weighted by atomic mass is 10.0. The standard InChI is InChI=1S/C18H12F4N2OS/c1-9-2-4-10(5-3-9)24-15-11-6-7-13(25)14(19)12(11)8-26-16(15)17(23-24)18(20,21)22/h2-7,25H,8H2,1H3. The number of benzene rings is 2. The normalized spacial score (nSPS) is 13.4. The number of rotatable bonds is 1. The van der Waals surface area contributed by atoms with Gasteiger partial charge in [0.15, 0.2) is 17.3 Å². The van der Waals surface area contributed by atoms with E-state index in [1.807, 2.05) is 6.92 Å². The Morgan fingerprint density at radius 3 is 2.46 bits per heavy atom. The average Bonchev–Trinajstić information content (AvgIpc) is 2.99. The summed E-state index contributed by atoms with van der Waals surface area (Å²) in [6.45, 7) is 1.87. The van der Waals surface area contributed by atoms with Gasteiger partial charge < -0.3 is 5.11 Å². The number of aromatic hydroxyl groups is 1. The molecule has 0 aliphatic carbocycles. The van der Waals surface area contributed by atoms with Gasteiger partial charge in [-0.3, -0.25) is 0 Å². The molecule has 0 spiro atoms. The maximum Gasteiger partial charge on any atom is 0.436 e. The number of thioether (sulfide) groups is 1. The summed E-state index contributed by atoms with van der Waals surface area (Å²) >= 11 is 0.872. The van der Waals surface area contributed by atoms with Crippen molar-refractivity contribution >= 4 is 11.8 Å². The molecule has 1 N–H and O–H groups in total. The minimum Gasteiger partial charge on any atom is -0.505 e. The summed E-state index contributed by atoms with van der Waals surface area (Å²) in [6, 6.07) is 9.44. The maximum absolute atomic E-state index is 14.3. The zero-order chi connectivity index (χ0) is 18.6. The highest BCUT2D eigenvalue weighted by atomic mass is 32.2. The summed E-state index contributed by atoms with van der Waals surface area (Å²) in [4.78, 5) is -0.0318. The molecule has 0 bridgehead atoms. The number of phenolic OH excluding ortho intramolecular Hbond substituents is 1. The second-order valence-corrected chi connectivity index (χ2v) is 6.97. The number of phenols is 1. The van der Waals surface area contributed by atoms with E-state index in [4.69, 9.17) is 0 Å². The van der Waals surface area contributed by atoms with Crippen molar-refractivity contribution in [1.29, 1.82) is 0 Å². The number of aromatic nitrogens is 2. The molecule has 2 heterocycles. The Hall–Kier alpha value is -2.48. The van der Waals surface area contributed by atoms with E-state index in [1.165, 1.54) is 10.7 Å². The van der Waals surface area contributed by atoms with Gasteiger partial charge in [0.05, 0.1) is 16.3 Å². The molecule has 3 aromatic rings. The highest BCUT2D eigenvalue weighted by molar-refractivity contribution is 7.98. The van der Waals surface area contributed by atoms with Crippen LogP contribution in [0.15, 0.2) is 41.3 Å². The van der Waals surface area contributed by atoms with Crippen molar-refractivity contribution in [3.8, 4) is 22.7 Å². The van der Waals surface area contributed by atoms with E-state index in [0.717, 1.165) is 23.4 Å². The van der Waals surface area contributed by atoms with E-state index < -0.39 is 23.4 Å². The van der Waals surface area contributed by atoms with Crippen LogP contribution in [0.4, 0.5) is 17.6 Å². The summed E-state index contributed by atoms with van der Waals surface area (Å²) in [5.41, 5.74) is 1.08. The molecule has 134 valence electrons. The maximum atomic E-state index is 14.3. The first-order valence-electron chi connectivity index (χ1n) is 7.68. The van der Waals surface area contributed by atoms with E-state index in [2.05, 4.69) is 5.10 Å². The van der Waals surface area contributed by atoms with Crippen molar-refractivity contribution in [2.24, 2.45) is 0 Å². The van der Waals surface area contributed by atoms with Crippen molar-refractivity contribution < 1.29 is 22.7 Å². The van der Waals surface area contributed by atoms with E-state index in [-0.39, 0.29) is 21.9 Å². The third-order valence-electron chi connectivity index (χ3n) is 4.23. The van der Waals surface area contributed by atoms with E-state index in [9.17, 15) is 22.7 Å². The van der Waals surface area contributed by atoms with Crippen LogP contribution in [0.1, 0.15) is 16.8 Å². The highest BCUT2D eigenvalue weighted by Crippen LogP contribution is 2.49. The molecule has 1 aliphatic rings. The van der Waals surface area contributed by atoms with Crippen molar-refractivity contribution in [3.63, 3.8) is 0 Å². The predicted octanol–water partition coefficient (Wildman–Crippen LogP) is 5.32. The van der Waals surface area contributed by atoms with Crippen LogP contribution in [-0.2, 0) is 11.9 Å². The van der Waals surface area contributed by atoms with Gasteiger partial charge in [0.1, 0.15) is 0 Å². The topological polar surface area (TPSA) is 38.0 Å². The van der Waals surface area contributed by atoms with Crippen LogP contribution in [0, 0.1) is 12.7 Å². The first-order valence-corrected chi connectivity index (χ1v) is 8.66. The Bertz CT molecular complexity index is 1010. The van der Waals surface area contributed by atoms with Gasteiger partial charge in [-0.2, -0.15) is 18.3 Å². The van der Waals surface area contributed by atoms with E-state index >= 15 is 0 Å². The predicted molar refractivity (Wildman–Crippen MR) is 89.9 cm³/mol. The smallest absolute Gasteiger partial charge is 0.436 e.